The fourth-order valence-electron chi connectivity index (χ4n) is 2.28. The Morgan fingerprint density at radius 1 is 0.955 bits per heavy atom. The van der Waals surface area contributed by atoms with Crippen molar-refractivity contribution >= 4 is 33.3 Å². The number of benzene rings is 2. The lowest BCUT2D eigenvalue weighted by Gasteiger charge is -2.07. The van der Waals surface area contributed by atoms with Gasteiger partial charge in [-0.15, -0.1) is 0 Å². The van der Waals surface area contributed by atoms with E-state index in [9.17, 15) is 9.59 Å². The third kappa shape index (κ3) is 4.81. The molecule has 1 N–H and O–H groups in total. The maximum Gasteiger partial charge on any atom is 0.224 e. The molecule has 0 saturated heterocycles. The number of carbonyl (C=O) groups is 2. The second-order valence-corrected chi connectivity index (χ2v) is 6.27. The monoisotopic (exact) mass is 359 g/mol. The van der Waals surface area contributed by atoms with Gasteiger partial charge in [-0.2, -0.15) is 0 Å². The van der Waals surface area contributed by atoms with Crippen LogP contribution in [0.15, 0.2) is 46.9 Å². The molecule has 0 saturated carbocycles. The molecule has 0 unspecified atom stereocenters. The molecule has 4 heteroatoms. The number of hydrogen-bond donors (Lipinski definition) is 1. The topological polar surface area (TPSA) is 46.2 Å². The van der Waals surface area contributed by atoms with Crippen LogP contribution in [0.2, 0.25) is 0 Å². The molecule has 1 amide bonds. The molecule has 3 nitrogen and oxygen atoms in total. The van der Waals surface area contributed by atoms with Crippen molar-refractivity contribution in [1.29, 1.82) is 0 Å². The van der Waals surface area contributed by atoms with Crippen LogP contribution in [0.5, 0.6) is 0 Å². The van der Waals surface area contributed by atoms with Gasteiger partial charge < -0.3 is 5.32 Å². The molecular formula is C18H18BrNO2. The molecule has 0 atom stereocenters. The molecule has 114 valence electrons. The molecule has 0 heterocycles. The number of hydrogen-bond acceptors (Lipinski definition) is 2. The van der Waals surface area contributed by atoms with Gasteiger partial charge in [0.05, 0.1) is 0 Å². The highest BCUT2D eigenvalue weighted by atomic mass is 79.9. The highest BCUT2D eigenvalue weighted by Crippen LogP contribution is 2.15. The maximum atomic E-state index is 12.0. The largest absolute Gasteiger partial charge is 0.326 e. The van der Waals surface area contributed by atoms with Gasteiger partial charge in [0.2, 0.25) is 5.91 Å². The van der Waals surface area contributed by atoms with Gasteiger partial charge in [0, 0.05) is 28.6 Å². The molecule has 0 spiro atoms. The summed E-state index contributed by atoms with van der Waals surface area (Å²) in [6.07, 6.45) is 0.389. The van der Waals surface area contributed by atoms with E-state index in [1.165, 1.54) is 0 Å². The fourth-order valence-corrected chi connectivity index (χ4v) is 2.54. The van der Waals surface area contributed by atoms with Gasteiger partial charge >= 0.3 is 0 Å². The number of ketones is 1. The summed E-state index contributed by atoms with van der Waals surface area (Å²) in [5, 5.41) is 2.84. The van der Waals surface area contributed by atoms with Crippen molar-refractivity contribution in [2.75, 3.05) is 5.32 Å². The van der Waals surface area contributed by atoms with Gasteiger partial charge in [0.25, 0.3) is 0 Å². The molecular weight excluding hydrogens is 342 g/mol. The highest BCUT2D eigenvalue weighted by Gasteiger charge is 2.10. The standard InChI is InChI=1S/C18H18BrNO2/c1-12-9-13(2)11-16(10-12)20-18(22)8-7-17(21)14-3-5-15(19)6-4-14/h3-6,9-11H,7-8H2,1-2H3,(H,20,22). The van der Waals surface area contributed by atoms with Crippen molar-refractivity contribution < 1.29 is 9.59 Å². The Hall–Kier alpha value is -1.94. The van der Waals surface area contributed by atoms with Gasteiger partial charge in [-0.25, -0.2) is 0 Å². The molecule has 22 heavy (non-hydrogen) atoms. The molecule has 0 bridgehead atoms. The summed E-state index contributed by atoms with van der Waals surface area (Å²) in [6, 6.07) is 13.0. The summed E-state index contributed by atoms with van der Waals surface area (Å²) in [4.78, 5) is 24.0. The minimum atomic E-state index is -0.143. The molecule has 2 aromatic carbocycles. The van der Waals surface area contributed by atoms with Crippen LogP contribution in [0.4, 0.5) is 5.69 Å². The first-order chi connectivity index (χ1) is 10.4. The van der Waals surface area contributed by atoms with Crippen LogP contribution >= 0.6 is 15.9 Å². The number of halogens is 1. The number of amides is 1. The summed E-state index contributed by atoms with van der Waals surface area (Å²) in [5.41, 5.74) is 3.60. The summed E-state index contributed by atoms with van der Waals surface area (Å²) >= 11 is 3.33. The molecule has 2 aromatic rings. The normalized spacial score (nSPS) is 10.3. The second kappa shape index (κ2) is 7.36. The van der Waals surface area contributed by atoms with E-state index in [4.69, 9.17) is 0 Å². The zero-order chi connectivity index (χ0) is 16.1. The van der Waals surface area contributed by atoms with E-state index in [-0.39, 0.29) is 24.5 Å². The number of rotatable bonds is 5. The third-order valence-corrected chi connectivity index (χ3v) is 3.78. The van der Waals surface area contributed by atoms with Crippen LogP contribution in [0, 0.1) is 13.8 Å². The molecule has 0 aliphatic rings. The number of carbonyl (C=O) groups excluding carboxylic acids is 2. The Kier molecular flexibility index (Phi) is 5.50. The first kappa shape index (κ1) is 16.4. The van der Waals surface area contributed by atoms with Crippen LogP contribution in [0.1, 0.15) is 34.3 Å². The third-order valence-electron chi connectivity index (χ3n) is 3.25. The van der Waals surface area contributed by atoms with Gasteiger partial charge in [-0.3, -0.25) is 9.59 Å². The van der Waals surface area contributed by atoms with Crippen LogP contribution in [0.25, 0.3) is 0 Å². The minimum absolute atomic E-state index is 0.0249. The average molecular weight is 360 g/mol. The minimum Gasteiger partial charge on any atom is -0.326 e. The Balaban J connectivity index is 1.89. The first-order valence-electron chi connectivity index (χ1n) is 7.11. The van der Waals surface area contributed by atoms with Crippen LogP contribution in [-0.2, 0) is 4.79 Å². The van der Waals surface area contributed by atoms with Crippen LogP contribution in [-0.4, -0.2) is 11.7 Å². The van der Waals surface area contributed by atoms with Gasteiger partial charge in [-0.05, 0) is 49.2 Å². The lowest BCUT2D eigenvalue weighted by molar-refractivity contribution is -0.116. The van der Waals surface area contributed by atoms with E-state index in [0.29, 0.717) is 5.56 Å². The van der Waals surface area contributed by atoms with Crippen molar-refractivity contribution in [3.8, 4) is 0 Å². The Morgan fingerprint density at radius 3 is 2.14 bits per heavy atom. The smallest absolute Gasteiger partial charge is 0.224 e. The Bertz CT molecular complexity index is 672. The quantitative estimate of drug-likeness (QED) is 0.788. The van der Waals surface area contributed by atoms with E-state index < -0.39 is 0 Å². The summed E-state index contributed by atoms with van der Waals surface area (Å²) < 4.78 is 0.927. The van der Waals surface area contributed by atoms with E-state index in [0.717, 1.165) is 21.3 Å². The summed E-state index contributed by atoms with van der Waals surface area (Å²) in [6.45, 7) is 3.97. The molecule has 0 fully saturated rings. The highest BCUT2D eigenvalue weighted by molar-refractivity contribution is 9.10. The van der Waals surface area contributed by atoms with Gasteiger partial charge in [0.15, 0.2) is 5.78 Å². The number of Topliss-reactive ketones (excluding diaryl/α,β-unsaturated/α-hetero) is 1. The maximum absolute atomic E-state index is 12.0. The Morgan fingerprint density at radius 2 is 1.55 bits per heavy atom. The van der Waals surface area contributed by atoms with Crippen molar-refractivity contribution in [3.05, 3.63) is 63.6 Å². The van der Waals surface area contributed by atoms with Crippen molar-refractivity contribution in [1.82, 2.24) is 0 Å². The zero-order valence-electron chi connectivity index (χ0n) is 12.7. The molecule has 0 aliphatic carbocycles. The lowest BCUT2D eigenvalue weighted by Crippen LogP contribution is -2.13. The van der Waals surface area contributed by atoms with Crippen molar-refractivity contribution in [3.63, 3.8) is 0 Å². The average Bonchev–Trinajstić information content (AvgIpc) is 2.44. The predicted octanol–water partition coefficient (Wildman–Crippen LogP) is 4.67. The van der Waals surface area contributed by atoms with E-state index >= 15 is 0 Å². The van der Waals surface area contributed by atoms with Gasteiger partial charge in [-0.1, -0.05) is 34.1 Å². The number of aryl methyl sites for hydroxylation is 2. The van der Waals surface area contributed by atoms with Crippen molar-refractivity contribution in [2.24, 2.45) is 0 Å². The molecule has 0 aliphatic heterocycles. The lowest BCUT2D eigenvalue weighted by atomic mass is 10.1. The first-order valence-corrected chi connectivity index (χ1v) is 7.90. The fraction of sp³-hybridized carbons (Fsp3) is 0.222. The zero-order valence-corrected chi connectivity index (χ0v) is 14.2. The molecule has 0 radical (unpaired) electrons. The molecule has 2 rings (SSSR count). The van der Waals surface area contributed by atoms with E-state index in [1.807, 2.05) is 44.2 Å². The van der Waals surface area contributed by atoms with Crippen LogP contribution in [0.3, 0.4) is 0 Å². The second-order valence-electron chi connectivity index (χ2n) is 5.35. The summed E-state index contributed by atoms with van der Waals surface area (Å²) in [5.74, 6) is -0.168. The van der Waals surface area contributed by atoms with Gasteiger partial charge in [0.1, 0.15) is 0 Å². The predicted molar refractivity (Wildman–Crippen MR) is 92.3 cm³/mol. The van der Waals surface area contributed by atoms with Crippen molar-refractivity contribution in [2.45, 2.75) is 26.7 Å². The number of nitrogens with one attached hydrogen (secondary N) is 1. The molecule has 0 aromatic heterocycles. The van der Waals surface area contributed by atoms with E-state index in [1.54, 1.807) is 12.1 Å². The number of anilines is 1. The summed E-state index contributed by atoms with van der Waals surface area (Å²) in [7, 11) is 0. The van der Waals surface area contributed by atoms with Crippen LogP contribution < -0.4 is 5.32 Å². The van der Waals surface area contributed by atoms with E-state index in [2.05, 4.69) is 21.2 Å². The SMILES string of the molecule is Cc1cc(C)cc(NC(=O)CCC(=O)c2ccc(Br)cc2)c1. The Labute approximate surface area is 138 Å².